The molecule has 0 bridgehead atoms. The number of benzene rings is 1. The Hall–Kier alpha value is -1.69. The van der Waals surface area contributed by atoms with Crippen molar-refractivity contribution in [3.8, 4) is 5.75 Å². The molecular weight excluding hydrogens is 278 g/mol. The Morgan fingerprint density at radius 1 is 1.38 bits per heavy atom. The van der Waals surface area contributed by atoms with Crippen molar-refractivity contribution >= 4 is 5.91 Å². The number of piperidine rings is 1. The van der Waals surface area contributed by atoms with Crippen LogP contribution in [0.5, 0.6) is 5.75 Å². The van der Waals surface area contributed by atoms with Gasteiger partial charge in [0.15, 0.2) is 0 Å². The zero-order valence-electron chi connectivity index (χ0n) is 12.1. The van der Waals surface area contributed by atoms with Gasteiger partial charge in [0.05, 0.1) is 0 Å². The molecule has 1 aliphatic heterocycles. The molecule has 0 radical (unpaired) electrons. The summed E-state index contributed by atoms with van der Waals surface area (Å²) in [5, 5.41) is 6.33. The first-order valence-electron chi connectivity index (χ1n) is 7.07. The lowest BCUT2D eigenvalue weighted by Gasteiger charge is -2.34. The number of carbonyl (C=O) groups excluding carboxylic acids is 1. The van der Waals surface area contributed by atoms with Crippen LogP contribution in [0.4, 0.5) is 8.78 Å². The van der Waals surface area contributed by atoms with Crippen LogP contribution in [0.25, 0.3) is 0 Å². The highest BCUT2D eigenvalue weighted by atomic mass is 19.3. The maximum atomic E-state index is 12.2. The number of amides is 1. The number of carbonyl (C=O) groups is 1. The van der Waals surface area contributed by atoms with Crippen molar-refractivity contribution in [2.24, 2.45) is 0 Å². The van der Waals surface area contributed by atoms with E-state index in [0.717, 1.165) is 12.8 Å². The van der Waals surface area contributed by atoms with Gasteiger partial charge in [-0.2, -0.15) is 8.78 Å². The third-order valence-corrected chi connectivity index (χ3v) is 3.70. The summed E-state index contributed by atoms with van der Waals surface area (Å²) >= 11 is 0. The van der Waals surface area contributed by atoms with Crippen LogP contribution in [0.2, 0.25) is 0 Å². The van der Waals surface area contributed by atoms with E-state index in [0.29, 0.717) is 11.6 Å². The number of nitrogens with one attached hydrogen (secondary N) is 2. The molecule has 2 rings (SSSR count). The third kappa shape index (κ3) is 4.39. The van der Waals surface area contributed by atoms with Crippen LogP contribution in [0.15, 0.2) is 24.3 Å². The first kappa shape index (κ1) is 15.7. The maximum Gasteiger partial charge on any atom is 0.387 e. The molecule has 0 aliphatic carbocycles. The SMILES string of the molecule is CC1CCC(NC(=O)c2cccc(OC(F)F)c2)C(C)N1. The predicted octanol–water partition coefficient (Wildman–Crippen LogP) is 2.55. The van der Waals surface area contributed by atoms with Crippen LogP contribution in [-0.2, 0) is 0 Å². The molecule has 1 fully saturated rings. The maximum absolute atomic E-state index is 12.2. The Kier molecular flexibility index (Phi) is 5.12. The summed E-state index contributed by atoms with van der Waals surface area (Å²) in [5.74, 6) is -0.288. The molecule has 116 valence electrons. The van der Waals surface area contributed by atoms with Crippen LogP contribution in [0, 0.1) is 0 Å². The number of rotatable bonds is 4. The molecule has 21 heavy (non-hydrogen) atoms. The van der Waals surface area contributed by atoms with E-state index in [4.69, 9.17) is 0 Å². The highest BCUT2D eigenvalue weighted by molar-refractivity contribution is 5.94. The summed E-state index contributed by atoms with van der Waals surface area (Å²) in [4.78, 5) is 12.2. The van der Waals surface area contributed by atoms with Crippen molar-refractivity contribution in [1.82, 2.24) is 10.6 Å². The molecule has 6 heteroatoms. The average Bonchev–Trinajstić information content (AvgIpc) is 2.41. The minimum atomic E-state index is -2.90. The Bertz CT molecular complexity index is 496. The lowest BCUT2D eigenvalue weighted by molar-refractivity contribution is -0.0498. The first-order valence-corrected chi connectivity index (χ1v) is 7.07. The largest absolute Gasteiger partial charge is 0.435 e. The molecule has 2 N–H and O–H groups in total. The van der Waals surface area contributed by atoms with Gasteiger partial charge in [-0.1, -0.05) is 6.07 Å². The first-order chi connectivity index (χ1) is 9.95. The quantitative estimate of drug-likeness (QED) is 0.898. The molecule has 3 unspecified atom stereocenters. The van der Waals surface area contributed by atoms with Crippen LogP contribution in [-0.4, -0.2) is 30.6 Å². The number of halogens is 2. The molecule has 0 saturated carbocycles. The zero-order chi connectivity index (χ0) is 15.4. The van der Waals surface area contributed by atoms with Crippen LogP contribution in [0.1, 0.15) is 37.0 Å². The molecule has 1 aromatic carbocycles. The normalized spacial score (nSPS) is 25.7. The second-order valence-corrected chi connectivity index (χ2v) is 5.42. The summed E-state index contributed by atoms with van der Waals surface area (Å²) in [6.45, 7) is 1.24. The van der Waals surface area contributed by atoms with Crippen LogP contribution < -0.4 is 15.4 Å². The molecule has 0 aromatic heterocycles. The highest BCUT2D eigenvalue weighted by Gasteiger charge is 2.26. The molecule has 0 spiro atoms. The molecule has 1 aromatic rings. The van der Waals surface area contributed by atoms with E-state index in [-0.39, 0.29) is 23.7 Å². The van der Waals surface area contributed by atoms with E-state index < -0.39 is 6.61 Å². The second-order valence-electron chi connectivity index (χ2n) is 5.42. The van der Waals surface area contributed by atoms with E-state index in [1.165, 1.54) is 18.2 Å². The lowest BCUT2D eigenvalue weighted by atomic mass is 9.95. The van der Waals surface area contributed by atoms with Gasteiger partial charge in [-0.15, -0.1) is 0 Å². The van der Waals surface area contributed by atoms with Crippen molar-refractivity contribution in [3.63, 3.8) is 0 Å². The Labute approximate surface area is 122 Å². The van der Waals surface area contributed by atoms with Crippen LogP contribution in [0.3, 0.4) is 0 Å². The minimum Gasteiger partial charge on any atom is -0.435 e. The van der Waals surface area contributed by atoms with E-state index in [1.807, 2.05) is 6.92 Å². The lowest BCUT2D eigenvalue weighted by Crippen LogP contribution is -2.54. The van der Waals surface area contributed by atoms with Gasteiger partial charge in [-0.3, -0.25) is 4.79 Å². The molecule has 1 saturated heterocycles. The fraction of sp³-hybridized carbons (Fsp3) is 0.533. The fourth-order valence-electron chi connectivity index (χ4n) is 2.59. The molecule has 4 nitrogen and oxygen atoms in total. The van der Waals surface area contributed by atoms with Gasteiger partial charge in [-0.25, -0.2) is 0 Å². The summed E-state index contributed by atoms with van der Waals surface area (Å²) in [6.07, 6.45) is 1.89. The zero-order valence-corrected chi connectivity index (χ0v) is 12.1. The molecule has 1 heterocycles. The second kappa shape index (κ2) is 6.85. The van der Waals surface area contributed by atoms with E-state index in [1.54, 1.807) is 6.07 Å². The fourth-order valence-corrected chi connectivity index (χ4v) is 2.59. The van der Waals surface area contributed by atoms with Crippen LogP contribution >= 0.6 is 0 Å². The van der Waals surface area contributed by atoms with Gasteiger partial charge < -0.3 is 15.4 Å². The average molecular weight is 298 g/mol. The predicted molar refractivity (Wildman–Crippen MR) is 75.6 cm³/mol. The van der Waals surface area contributed by atoms with Gasteiger partial charge in [0, 0.05) is 23.7 Å². The third-order valence-electron chi connectivity index (χ3n) is 3.70. The van der Waals surface area contributed by atoms with Gasteiger partial charge in [0.2, 0.25) is 0 Å². The van der Waals surface area contributed by atoms with Crippen molar-refractivity contribution in [2.45, 2.75) is 51.4 Å². The monoisotopic (exact) mass is 298 g/mol. The topological polar surface area (TPSA) is 50.4 Å². The highest BCUT2D eigenvalue weighted by Crippen LogP contribution is 2.17. The van der Waals surface area contributed by atoms with Crippen molar-refractivity contribution in [2.75, 3.05) is 0 Å². The Balaban J connectivity index is 2.00. The van der Waals surface area contributed by atoms with Crippen molar-refractivity contribution in [1.29, 1.82) is 0 Å². The molecule has 1 aliphatic rings. The van der Waals surface area contributed by atoms with E-state index >= 15 is 0 Å². The Morgan fingerprint density at radius 3 is 2.81 bits per heavy atom. The summed E-state index contributed by atoms with van der Waals surface area (Å²) in [7, 11) is 0. The standard InChI is InChI=1S/C15H20F2N2O2/c1-9-6-7-13(10(2)18-9)19-14(20)11-4-3-5-12(8-11)21-15(16)17/h3-5,8-10,13,15,18H,6-7H2,1-2H3,(H,19,20). The van der Waals surface area contributed by atoms with E-state index in [9.17, 15) is 13.6 Å². The number of ether oxygens (including phenoxy) is 1. The smallest absolute Gasteiger partial charge is 0.387 e. The number of hydrogen-bond donors (Lipinski definition) is 2. The molecule has 1 amide bonds. The molecule has 3 atom stereocenters. The van der Waals surface area contributed by atoms with Gasteiger partial charge in [0.1, 0.15) is 5.75 Å². The van der Waals surface area contributed by atoms with Crippen molar-refractivity contribution < 1.29 is 18.3 Å². The van der Waals surface area contributed by atoms with Gasteiger partial charge in [-0.05, 0) is 44.9 Å². The summed E-state index contributed by atoms with van der Waals surface area (Å²) < 4.78 is 28.7. The number of alkyl halides is 2. The Morgan fingerprint density at radius 2 is 2.14 bits per heavy atom. The van der Waals surface area contributed by atoms with Gasteiger partial charge >= 0.3 is 6.61 Å². The van der Waals surface area contributed by atoms with Gasteiger partial charge in [0.25, 0.3) is 5.91 Å². The minimum absolute atomic E-state index is 0.0129. The molecular formula is C15H20F2N2O2. The van der Waals surface area contributed by atoms with E-state index in [2.05, 4.69) is 22.3 Å². The summed E-state index contributed by atoms with van der Waals surface area (Å²) in [6, 6.07) is 6.48. The summed E-state index contributed by atoms with van der Waals surface area (Å²) in [5.41, 5.74) is 0.318. The van der Waals surface area contributed by atoms with Crippen molar-refractivity contribution in [3.05, 3.63) is 29.8 Å². The number of hydrogen-bond acceptors (Lipinski definition) is 3.